The SMILES string of the molecule is C=CC1(O)CCC(NS(=O)(=O)c2ccc(-c3ccccn3)cc2)CC1. The number of pyridine rings is 1. The molecule has 2 aromatic rings. The van der Waals surface area contributed by atoms with Crippen molar-refractivity contribution < 1.29 is 13.5 Å². The molecule has 0 aliphatic heterocycles. The van der Waals surface area contributed by atoms with Gasteiger partial charge < -0.3 is 5.11 Å². The fraction of sp³-hybridized carbons (Fsp3) is 0.316. The van der Waals surface area contributed by atoms with Crippen LogP contribution in [0.1, 0.15) is 25.7 Å². The van der Waals surface area contributed by atoms with E-state index >= 15 is 0 Å². The second-order valence-electron chi connectivity index (χ2n) is 6.44. The Morgan fingerprint density at radius 1 is 1.16 bits per heavy atom. The summed E-state index contributed by atoms with van der Waals surface area (Å²) in [6.07, 6.45) is 5.47. The predicted octanol–water partition coefficient (Wildman–Crippen LogP) is 2.89. The molecule has 0 saturated heterocycles. The van der Waals surface area contributed by atoms with Gasteiger partial charge >= 0.3 is 0 Å². The van der Waals surface area contributed by atoms with E-state index in [0.29, 0.717) is 25.7 Å². The van der Waals surface area contributed by atoms with Gasteiger partial charge in [0.05, 0.1) is 16.2 Å². The lowest BCUT2D eigenvalue weighted by molar-refractivity contribution is 0.0447. The van der Waals surface area contributed by atoms with Crippen LogP contribution in [0.25, 0.3) is 11.3 Å². The first-order valence-electron chi connectivity index (χ1n) is 8.32. The Labute approximate surface area is 148 Å². The molecule has 1 aliphatic rings. The lowest BCUT2D eigenvalue weighted by atomic mass is 9.83. The van der Waals surface area contributed by atoms with Crippen LogP contribution in [0, 0.1) is 0 Å². The average Bonchev–Trinajstić information content (AvgIpc) is 2.64. The predicted molar refractivity (Wildman–Crippen MR) is 97.4 cm³/mol. The van der Waals surface area contributed by atoms with Crippen molar-refractivity contribution in [3.63, 3.8) is 0 Å². The molecule has 0 spiro atoms. The Bertz CT molecular complexity index is 825. The van der Waals surface area contributed by atoms with Crippen LogP contribution in [0.5, 0.6) is 0 Å². The number of hydrogen-bond donors (Lipinski definition) is 2. The molecule has 0 amide bonds. The standard InChI is InChI=1S/C19H22N2O3S/c1-2-19(22)12-10-16(11-13-19)21-25(23,24)17-8-6-15(7-9-17)18-5-3-4-14-20-18/h2-9,14,16,21-22H,1,10-13H2. The van der Waals surface area contributed by atoms with Crippen LogP contribution >= 0.6 is 0 Å². The molecule has 2 N–H and O–H groups in total. The zero-order valence-corrected chi connectivity index (χ0v) is 14.7. The number of rotatable bonds is 5. The quantitative estimate of drug-likeness (QED) is 0.806. The Balaban J connectivity index is 1.70. The minimum Gasteiger partial charge on any atom is -0.386 e. The lowest BCUT2D eigenvalue weighted by Crippen LogP contribution is -2.42. The summed E-state index contributed by atoms with van der Waals surface area (Å²) in [5.41, 5.74) is 0.801. The fourth-order valence-corrected chi connectivity index (χ4v) is 4.37. The van der Waals surface area contributed by atoms with E-state index < -0.39 is 15.6 Å². The minimum absolute atomic E-state index is 0.166. The Kier molecular flexibility index (Phi) is 5.03. The molecule has 0 unspecified atom stereocenters. The lowest BCUT2D eigenvalue weighted by Gasteiger charge is -2.33. The molecular weight excluding hydrogens is 336 g/mol. The maximum Gasteiger partial charge on any atom is 0.240 e. The van der Waals surface area contributed by atoms with Crippen LogP contribution in [0.3, 0.4) is 0 Å². The highest BCUT2D eigenvalue weighted by atomic mass is 32.2. The molecule has 132 valence electrons. The van der Waals surface area contributed by atoms with Crippen molar-refractivity contribution in [2.45, 2.75) is 42.2 Å². The van der Waals surface area contributed by atoms with E-state index in [0.717, 1.165) is 11.3 Å². The zero-order chi connectivity index (χ0) is 17.9. The third-order valence-corrected chi connectivity index (χ3v) is 6.21. The Morgan fingerprint density at radius 3 is 2.40 bits per heavy atom. The van der Waals surface area contributed by atoms with Crippen molar-refractivity contribution in [3.8, 4) is 11.3 Å². The van der Waals surface area contributed by atoms with E-state index in [2.05, 4.69) is 16.3 Å². The molecule has 25 heavy (non-hydrogen) atoms. The number of nitrogens with zero attached hydrogens (tertiary/aromatic N) is 1. The van der Waals surface area contributed by atoms with Gasteiger partial charge in [0.25, 0.3) is 0 Å². The van der Waals surface area contributed by atoms with Gasteiger partial charge in [0, 0.05) is 17.8 Å². The highest BCUT2D eigenvalue weighted by Crippen LogP contribution is 2.30. The van der Waals surface area contributed by atoms with Crippen LogP contribution in [-0.2, 0) is 10.0 Å². The van der Waals surface area contributed by atoms with Crippen molar-refractivity contribution >= 4 is 10.0 Å². The van der Waals surface area contributed by atoms with Crippen molar-refractivity contribution in [1.82, 2.24) is 9.71 Å². The number of nitrogens with one attached hydrogen (secondary N) is 1. The first kappa shape index (κ1) is 17.8. The number of benzene rings is 1. The second kappa shape index (κ2) is 7.07. The highest BCUT2D eigenvalue weighted by Gasteiger charge is 2.32. The molecule has 0 bridgehead atoms. The average molecular weight is 358 g/mol. The van der Waals surface area contributed by atoms with E-state index in [1.807, 2.05) is 18.2 Å². The molecule has 1 saturated carbocycles. The molecule has 3 rings (SSSR count). The summed E-state index contributed by atoms with van der Waals surface area (Å²) in [6.45, 7) is 3.64. The fourth-order valence-electron chi connectivity index (χ4n) is 3.07. The van der Waals surface area contributed by atoms with Crippen LogP contribution in [0.15, 0.2) is 66.2 Å². The molecule has 1 fully saturated rings. The molecule has 0 radical (unpaired) electrons. The van der Waals surface area contributed by atoms with Gasteiger partial charge in [-0.25, -0.2) is 13.1 Å². The number of sulfonamides is 1. The summed E-state index contributed by atoms with van der Waals surface area (Å²) in [7, 11) is -3.58. The van der Waals surface area contributed by atoms with Crippen LogP contribution < -0.4 is 4.72 Å². The van der Waals surface area contributed by atoms with Gasteiger partial charge in [-0.15, -0.1) is 6.58 Å². The maximum atomic E-state index is 12.6. The van der Waals surface area contributed by atoms with Crippen LogP contribution in [0.4, 0.5) is 0 Å². The summed E-state index contributed by atoms with van der Waals surface area (Å²) in [5, 5.41) is 10.2. The summed E-state index contributed by atoms with van der Waals surface area (Å²) >= 11 is 0. The summed E-state index contributed by atoms with van der Waals surface area (Å²) in [5.74, 6) is 0. The minimum atomic E-state index is -3.58. The zero-order valence-electron chi connectivity index (χ0n) is 13.9. The van der Waals surface area contributed by atoms with E-state index in [-0.39, 0.29) is 10.9 Å². The van der Waals surface area contributed by atoms with Crippen LogP contribution in [-0.4, -0.2) is 30.2 Å². The molecule has 5 nitrogen and oxygen atoms in total. The first-order valence-corrected chi connectivity index (χ1v) is 9.80. The highest BCUT2D eigenvalue weighted by molar-refractivity contribution is 7.89. The van der Waals surface area contributed by atoms with Gasteiger partial charge in [0.2, 0.25) is 10.0 Å². The van der Waals surface area contributed by atoms with Crippen molar-refractivity contribution in [1.29, 1.82) is 0 Å². The van der Waals surface area contributed by atoms with Crippen molar-refractivity contribution in [3.05, 3.63) is 61.3 Å². The molecular formula is C19H22N2O3S. The van der Waals surface area contributed by atoms with Crippen LogP contribution in [0.2, 0.25) is 0 Å². The van der Waals surface area contributed by atoms with Gasteiger partial charge in [-0.1, -0.05) is 24.3 Å². The normalized spacial score (nSPS) is 24.0. The van der Waals surface area contributed by atoms with Gasteiger partial charge in [0.15, 0.2) is 0 Å². The Morgan fingerprint density at radius 2 is 1.84 bits per heavy atom. The molecule has 6 heteroatoms. The summed E-state index contributed by atoms with van der Waals surface area (Å²) < 4.78 is 27.9. The Hall–Kier alpha value is -2.02. The summed E-state index contributed by atoms with van der Waals surface area (Å²) in [4.78, 5) is 4.49. The number of hydrogen-bond acceptors (Lipinski definition) is 4. The first-order chi connectivity index (χ1) is 11.9. The monoisotopic (exact) mass is 358 g/mol. The molecule has 1 aromatic heterocycles. The largest absolute Gasteiger partial charge is 0.386 e. The molecule has 1 aromatic carbocycles. The number of aliphatic hydroxyl groups is 1. The van der Waals surface area contributed by atoms with E-state index in [1.54, 1.807) is 36.5 Å². The second-order valence-corrected chi connectivity index (χ2v) is 8.16. The van der Waals surface area contributed by atoms with E-state index in [1.165, 1.54) is 0 Å². The van der Waals surface area contributed by atoms with E-state index in [4.69, 9.17) is 0 Å². The van der Waals surface area contributed by atoms with Gasteiger partial charge in [-0.3, -0.25) is 4.98 Å². The van der Waals surface area contributed by atoms with Gasteiger partial charge in [0.1, 0.15) is 0 Å². The third kappa shape index (κ3) is 4.15. The van der Waals surface area contributed by atoms with E-state index in [9.17, 15) is 13.5 Å². The topological polar surface area (TPSA) is 79.3 Å². The van der Waals surface area contributed by atoms with Crippen molar-refractivity contribution in [2.75, 3.05) is 0 Å². The third-order valence-electron chi connectivity index (χ3n) is 4.68. The maximum absolute atomic E-state index is 12.6. The van der Waals surface area contributed by atoms with Gasteiger partial charge in [-0.2, -0.15) is 0 Å². The summed E-state index contributed by atoms with van der Waals surface area (Å²) in [6, 6.07) is 12.1. The van der Waals surface area contributed by atoms with Crippen molar-refractivity contribution in [2.24, 2.45) is 0 Å². The molecule has 0 atom stereocenters. The number of aromatic nitrogens is 1. The smallest absolute Gasteiger partial charge is 0.240 e. The van der Waals surface area contributed by atoms with Gasteiger partial charge in [-0.05, 0) is 49.9 Å². The molecule has 1 aliphatic carbocycles. The molecule has 1 heterocycles.